The molecule has 0 aromatic heterocycles. The number of aliphatic carboxylic acids is 1. The van der Waals surface area contributed by atoms with E-state index < -0.39 is 24.0 Å². The van der Waals surface area contributed by atoms with Crippen LogP contribution in [-0.2, 0) is 9.59 Å². The largest absolute Gasteiger partial charge is 0.494 e. The Kier molecular flexibility index (Phi) is 9.96. The monoisotopic (exact) mass is 394 g/mol. The number of nitrogens with one attached hydrogen (secondary N) is 1. The normalized spacial score (nSPS) is 13.6. The van der Waals surface area contributed by atoms with Crippen molar-refractivity contribution in [2.24, 2.45) is 11.7 Å². The molecule has 0 saturated heterocycles. The average molecular weight is 395 g/mol. The van der Waals surface area contributed by atoms with Crippen LogP contribution >= 0.6 is 0 Å². The van der Waals surface area contributed by atoms with Crippen LogP contribution in [0.15, 0.2) is 24.3 Å². The molecule has 0 bridgehead atoms. The number of carboxylic acids is 1. The highest BCUT2D eigenvalue weighted by Gasteiger charge is 2.36. The van der Waals surface area contributed by atoms with Gasteiger partial charge in [-0.3, -0.25) is 15.3 Å². The molecule has 4 N–H and O–H groups in total. The van der Waals surface area contributed by atoms with Crippen LogP contribution < -0.4 is 15.8 Å². The molecule has 1 aromatic rings. The van der Waals surface area contributed by atoms with E-state index in [2.05, 4.69) is 12.2 Å². The third-order valence-electron chi connectivity index (χ3n) is 4.68. The first-order chi connectivity index (χ1) is 13.1. The van der Waals surface area contributed by atoms with Gasteiger partial charge in [-0.05, 0) is 30.7 Å². The SMILES string of the molecule is CCCCCCCOc1ccc(NC(=O)C(CC(=O)O)C(N)[N+](C)(C)C)cc1. The van der Waals surface area contributed by atoms with Gasteiger partial charge in [0.2, 0.25) is 5.91 Å². The number of hydrogen-bond acceptors (Lipinski definition) is 4. The minimum Gasteiger partial charge on any atom is -0.494 e. The smallest absolute Gasteiger partial charge is 0.304 e. The van der Waals surface area contributed by atoms with Gasteiger partial charge in [-0.2, -0.15) is 0 Å². The van der Waals surface area contributed by atoms with E-state index in [1.165, 1.54) is 25.7 Å². The number of carbonyl (C=O) groups is 2. The zero-order valence-electron chi connectivity index (χ0n) is 17.6. The fourth-order valence-corrected chi connectivity index (χ4v) is 2.86. The van der Waals surface area contributed by atoms with Gasteiger partial charge in [-0.1, -0.05) is 32.6 Å². The van der Waals surface area contributed by atoms with Crippen molar-refractivity contribution in [1.29, 1.82) is 0 Å². The molecule has 0 aliphatic rings. The predicted molar refractivity (Wildman–Crippen MR) is 111 cm³/mol. The molecule has 1 amide bonds. The van der Waals surface area contributed by atoms with Crippen molar-refractivity contribution in [3.8, 4) is 5.75 Å². The first kappa shape index (κ1) is 23.9. The zero-order valence-corrected chi connectivity index (χ0v) is 17.6. The molecule has 158 valence electrons. The summed E-state index contributed by atoms with van der Waals surface area (Å²) in [5, 5.41) is 11.9. The number of ether oxygens (including phenoxy) is 1. The lowest BCUT2D eigenvalue weighted by Crippen LogP contribution is -2.57. The van der Waals surface area contributed by atoms with Crippen molar-refractivity contribution >= 4 is 17.6 Å². The van der Waals surface area contributed by atoms with Crippen molar-refractivity contribution in [3.05, 3.63) is 24.3 Å². The molecule has 2 atom stereocenters. The lowest BCUT2D eigenvalue weighted by molar-refractivity contribution is -0.898. The number of anilines is 1. The number of quaternary nitrogens is 1. The number of amides is 1. The predicted octanol–water partition coefficient (Wildman–Crippen LogP) is 3.06. The van der Waals surface area contributed by atoms with Gasteiger partial charge in [0, 0.05) is 5.69 Å². The maximum absolute atomic E-state index is 12.6. The van der Waals surface area contributed by atoms with E-state index in [0.717, 1.165) is 12.2 Å². The molecule has 28 heavy (non-hydrogen) atoms. The Morgan fingerprint density at radius 1 is 1.11 bits per heavy atom. The van der Waals surface area contributed by atoms with Gasteiger partial charge in [0.1, 0.15) is 11.7 Å². The third-order valence-corrected chi connectivity index (χ3v) is 4.68. The highest BCUT2D eigenvalue weighted by atomic mass is 16.5. The van der Waals surface area contributed by atoms with E-state index in [9.17, 15) is 9.59 Å². The van der Waals surface area contributed by atoms with Crippen LogP contribution in [0.5, 0.6) is 5.75 Å². The lowest BCUT2D eigenvalue weighted by Gasteiger charge is -2.35. The van der Waals surface area contributed by atoms with Crippen LogP contribution in [0.25, 0.3) is 0 Å². The molecule has 0 aliphatic heterocycles. The molecular weight excluding hydrogens is 358 g/mol. The van der Waals surface area contributed by atoms with Gasteiger partial charge >= 0.3 is 5.97 Å². The number of rotatable bonds is 13. The Morgan fingerprint density at radius 2 is 1.71 bits per heavy atom. The molecule has 1 aromatic carbocycles. The van der Waals surface area contributed by atoms with Crippen LogP contribution in [0.3, 0.4) is 0 Å². The molecule has 0 heterocycles. The van der Waals surface area contributed by atoms with Gasteiger partial charge < -0.3 is 19.6 Å². The third kappa shape index (κ3) is 8.71. The number of carbonyl (C=O) groups excluding carboxylic acids is 1. The van der Waals surface area contributed by atoms with Crippen molar-refractivity contribution in [2.75, 3.05) is 33.1 Å². The summed E-state index contributed by atoms with van der Waals surface area (Å²) in [7, 11) is 5.50. The van der Waals surface area contributed by atoms with Gasteiger partial charge in [0.05, 0.1) is 34.2 Å². The highest BCUT2D eigenvalue weighted by Crippen LogP contribution is 2.20. The number of nitrogens with two attached hydrogens (primary N) is 1. The summed E-state index contributed by atoms with van der Waals surface area (Å²) in [5.41, 5.74) is 6.74. The Balaban J connectivity index is 2.60. The fraction of sp³-hybridized carbons (Fsp3) is 0.619. The molecule has 0 radical (unpaired) electrons. The van der Waals surface area contributed by atoms with Crippen molar-refractivity contribution < 1.29 is 23.9 Å². The van der Waals surface area contributed by atoms with Gasteiger partial charge in [-0.25, -0.2) is 0 Å². The quantitative estimate of drug-likeness (QED) is 0.271. The number of unbranched alkanes of at least 4 members (excludes halogenated alkanes) is 4. The standard InChI is InChI=1S/C21H35N3O4/c1-5-6-7-8-9-14-28-17-12-10-16(11-13-17)23-21(27)18(15-19(25)26)20(22)24(2,3)4/h10-13,18,20H,5-9,14-15,22H2,1-4H3,(H-,23,25,26,27)/p+1. The molecular formula is C21H36N3O4+. The molecule has 0 saturated carbocycles. The van der Waals surface area contributed by atoms with E-state index in [-0.39, 0.29) is 10.9 Å². The summed E-state index contributed by atoms with van der Waals surface area (Å²) < 4.78 is 6.00. The topological polar surface area (TPSA) is 102 Å². The first-order valence-electron chi connectivity index (χ1n) is 9.97. The second-order valence-electron chi connectivity index (χ2n) is 8.09. The molecule has 1 rings (SSSR count). The van der Waals surface area contributed by atoms with Crippen molar-refractivity contribution in [1.82, 2.24) is 0 Å². The lowest BCUT2D eigenvalue weighted by atomic mass is 9.99. The van der Waals surface area contributed by atoms with Crippen LogP contribution in [0.4, 0.5) is 5.69 Å². The Hall–Kier alpha value is -2.12. The second kappa shape index (κ2) is 11.7. The molecule has 0 fully saturated rings. The van der Waals surface area contributed by atoms with Gasteiger partial charge in [-0.15, -0.1) is 0 Å². The number of benzene rings is 1. The maximum atomic E-state index is 12.6. The van der Waals surface area contributed by atoms with Crippen LogP contribution in [0.2, 0.25) is 0 Å². The van der Waals surface area contributed by atoms with E-state index in [1.807, 2.05) is 21.1 Å². The minimum atomic E-state index is -1.05. The Morgan fingerprint density at radius 3 is 2.25 bits per heavy atom. The van der Waals surface area contributed by atoms with Crippen molar-refractivity contribution in [2.45, 2.75) is 51.6 Å². The van der Waals surface area contributed by atoms with Gasteiger partial charge in [0.25, 0.3) is 0 Å². The van der Waals surface area contributed by atoms with Gasteiger partial charge in [0.15, 0.2) is 6.17 Å². The minimum absolute atomic E-state index is 0.288. The second-order valence-corrected chi connectivity index (χ2v) is 8.09. The summed E-state index contributed by atoms with van der Waals surface area (Å²) in [6.07, 6.45) is 4.96. The van der Waals surface area contributed by atoms with Crippen LogP contribution in [0, 0.1) is 5.92 Å². The zero-order chi connectivity index (χ0) is 21.2. The Bertz CT molecular complexity index is 611. The number of hydrogen-bond donors (Lipinski definition) is 3. The molecule has 7 nitrogen and oxygen atoms in total. The van der Waals surface area contributed by atoms with E-state index in [1.54, 1.807) is 24.3 Å². The summed E-state index contributed by atoms with van der Waals surface area (Å²) >= 11 is 0. The van der Waals surface area contributed by atoms with Crippen LogP contribution in [0.1, 0.15) is 45.4 Å². The van der Waals surface area contributed by atoms with E-state index >= 15 is 0 Å². The average Bonchev–Trinajstić information content (AvgIpc) is 2.62. The van der Waals surface area contributed by atoms with Crippen molar-refractivity contribution in [3.63, 3.8) is 0 Å². The van der Waals surface area contributed by atoms with E-state index in [0.29, 0.717) is 12.3 Å². The first-order valence-corrected chi connectivity index (χ1v) is 9.97. The molecule has 0 aliphatic carbocycles. The summed E-state index contributed by atoms with van der Waals surface area (Å²) in [6, 6.07) is 7.10. The number of nitrogens with zero attached hydrogens (tertiary/aromatic N) is 1. The fourth-order valence-electron chi connectivity index (χ4n) is 2.86. The molecule has 0 spiro atoms. The summed E-state index contributed by atoms with van der Waals surface area (Å²) in [6.45, 7) is 2.87. The maximum Gasteiger partial charge on any atom is 0.304 e. The van der Waals surface area contributed by atoms with E-state index in [4.69, 9.17) is 15.6 Å². The number of carboxylic acid groups (broad SMARTS) is 1. The summed E-state index contributed by atoms with van der Waals surface area (Å²) in [5.74, 6) is -1.53. The highest BCUT2D eigenvalue weighted by molar-refractivity contribution is 5.94. The molecule has 7 heteroatoms. The molecule has 2 unspecified atom stereocenters. The summed E-state index contributed by atoms with van der Waals surface area (Å²) in [4.78, 5) is 23.8. The Labute approximate surface area is 168 Å². The van der Waals surface area contributed by atoms with Crippen LogP contribution in [-0.4, -0.2) is 55.4 Å².